The van der Waals surface area contributed by atoms with Crippen LogP contribution >= 0.6 is 0 Å². The van der Waals surface area contributed by atoms with Crippen LogP contribution in [-0.2, 0) is 4.79 Å². The van der Waals surface area contributed by atoms with Crippen LogP contribution in [0.2, 0.25) is 0 Å². The Hall–Kier alpha value is -1.75. The Balaban J connectivity index is 3.08. The molecule has 0 aliphatic rings. The second kappa shape index (κ2) is 3.59. The lowest BCUT2D eigenvalue weighted by atomic mass is 10.1. The predicted octanol–water partition coefficient (Wildman–Crippen LogP) is 1.25. The maximum Gasteiger partial charge on any atom is 0.193 e. The van der Waals surface area contributed by atoms with Gasteiger partial charge in [0, 0.05) is 5.56 Å². The van der Waals surface area contributed by atoms with Crippen LogP contribution < -0.4 is 0 Å². The number of benzene rings is 1. The third-order valence-electron chi connectivity index (χ3n) is 1.34. The van der Waals surface area contributed by atoms with Gasteiger partial charge in [0.2, 0.25) is 0 Å². The standard InChI is InChI=1S/C10H8O2/c1-8-5-9(3-2-4-11)7-10(12)6-8/h4-7,12H,1H3. The zero-order chi connectivity index (χ0) is 8.97. The maximum atomic E-state index is 9.91. The van der Waals surface area contributed by atoms with Crippen molar-refractivity contribution in [2.24, 2.45) is 0 Å². The molecule has 0 aliphatic heterocycles. The van der Waals surface area contributed by atoms with Crippen molar-refractivity contribution in [2.75, 3.05) is 0 Å². The van der Waals surface area contributed by atoms with Crippen molar-refractivity contribution in [3.05, 3.63) is 29.3 Å². The van der Waals surface area contributed by atoms with Crippen molar-refractivity contribution in [2.45, 2.75) is 6.92 Å². The minimum atomic E-state index is 0.171. The van der Waals surface area contributed by atoms with Crippen LogP contribution in [0.15, 0.2) is 18.2 Å². The van der Waals surface area contributed by atoms with Crippen LogP contribution in [0.4, 0.5) is 0 Å². The number of hydrogen-bond donors (Lipinski definition) is 1. The summed E-state index contributed by atoms with van der Waals surface area (Å²) >= 11 is 0. The normalized spacial score (nSPS) is 8.42. The molecule has 0 saturated heterocycles. The molecule has 0 amide bonds. The zero-order valence-electron chi connectivity index (χ0n) is 6.66. The molecule has 1 N–H and O–H groups in total. The van der Waals surface area contributed by atoms with Gasteiger partial charge in [0.1, 0.15) is 5.75 Å². The van der Waals surface area contributed by atoms with Gasteiger partial charge in [-0.1, -0.05) is 5.92 Å². The molecule has 0 radical (unpaired) electrons. The molecule has 0 saturated carbocycles. The quantitative estimate of drug-likeness (QED) is 0.458. The lowest BCUT2D eigenvalue weighted by molar-refractivity contribution is -0.103. The molecule has 0 heterocycles. The maximum absolute atomic E-state index is 9.91. The van der Waals surface area contributed by atoms with Crippen LogP contribution in [0.3, 0.4) is 0 Å². The van der Waals surface area contributed by atoms with Crippen LogP contribution in [0, 0.1) is 18.8 Å². The van der Waals surface area contributed by atoms with E-state index in [0.29, 0.717) is 11.8 Å². The molecule has 60 valence electrons. The largest absolute Gasteiger partial charge is 0.508 e. The van der Waals surface area contributed by atoms with Crippen molar-refractivity contribution in [3.8, 4) is 17.6 Å². The number of aromatic hydroxyl groups is 1. The molecule has 0 atom stereocenters. The predicted molar refractivity (Wildman–Crippen MR) is 45.8 cm³/mol. The van der Waals surface area contributed by atoms with E-state index in [1.807, 2.05) is 6.92 Å². The average molecular weight is 160 g/mol. The van der Waals surface area contributed by atoms with Crippen LogP contribution in [0.25, 0.3) is 0 Å². The van der Waals surface area contributed by atoms with E-state index in [-0.39, 0.29) is 5.75 Å². The lowest BCUT2D eigenvalue weighted by Gasteiger charge is -1.95. The smallest absolute Gasteiger partial charge is 0.193 e. The highest BCUT2D eigenvalue weighted by Gasteiger charge is 1.92. The number of phenolic OH excluding ortho intramolecular Hbond substituents is 1. The molecular weight excluding hydrogens is 152 g/mol. The summed E-state index contributed by atoms with van der Waals surface area (Å²) < 4.78 is 0. The first-order valence-corrected chi connectivity index (χ1v) is 3.48. The number of phenols is 1. The second-order valence-electron chi connectivity index (χ2n) is 2.44. The van der Waals surface area contributed by atoms with Crippen molar-refractivity contribution < 1.29 is 9.90 Å². The highest BCUT2D eigenvalue weighted by molar-refractivity contribution is 5.74. The van der Waals surface area contributed by atoms with E-state index in [1.165, 1.54) is 6.07 Å². The summed E-state index contributed by atoms with van der Waals surface area (Å²) in [7, 11) is 0. The van der Waals surface area contributed by atoms with Crippen molar-refractivity contribution in [1.29, 1.82) is 0 Å². The van der Waals surface area contributed by atoms with Gasteiger partial charge in [-0.25, -0.2) is 0 Å². The first-order chi connectivity index (χ1) is 5.72. The Morgan fingerprint density at radius 3 is 2.75 bits per heavy atom. The van der Waals surface area contributed by atoms with Crippen molar-refractivity contribution >= 4 is 6.29 Å². The van der Waals surface area contributed by atoms with Crippen LogP contribution in [0.1, 0.15) is 11.1 Å². The van der Waals surface area contributed by atoms with Crippen LogP contribution in [-0.4, -0.2) is 11.4 Å². The topological polar surface area (TPSA) is 37.3 Å². The first-order valence-electron chi connectivity index (χ1n) is 3.48. The molecular formula is C10H8O2. The number of carbonyl (C=O) groups excluding carboxylic acids is 1. The van der Waals surface area contributed by atoms with Gasteiger partial charge >= 0.3 is 0 Å². The Labute approximate surface area is 70.8 Å². The Morgan fingerprint density at radius 1 is 1.42 bits per heavy atom. The molecule has 0 fully saturated rings. The minimum Gasteiger partial charge on any atom is -0.508 e. The van der Waals surface area contributed by atoms with Crippen molar-refractivity contribution in [1.82, 2.24) is 0 Å². The molecule has 2 nitrogen and oxygen atoms in total. The molecule has 0 unspecified atom stereocenters. The molecule has 0 aromatic heterocycles. The summed E-state index contributed by atoms with van der Waals surface area (Å²) in [6.45, 7) is 1.85. The molecule has 0 aliphatic carbocycles. The highest BCUT2D eigenvalue weighted by atomic mass is 16.3. The molecule has 2 heteroatoms. The fourth-order valence-corrected chi connectivity index (χ4v) is 0.948. The van der Waals surface area contributed by atoms with Gasteiger partial charge < -0.3 is 5.11 Å². The first kappa shape index (κ1) is 8.35. The fraction of sp³-hybridized carbons (Fsp3) is 0.100. The van der Waals surface area contributed by atoms with E-state index in [2.05, 4.69) is 11.8 Å². The van der Waals surface area contributed by atoms with Gasteiger partial charge in [0.15, 0.2) is 6.29 Å². The lowest BCUT2D eigenvalue weighted by Crippen LogP contribution is -1.77. The second-order valence-corrected chi connectivity index (χ2v) is 2.44. The van der Waals surface area contributed by atoms with E-state index in [0.717, 1.165) is 5.56 Å². The van der Waals surface area contributed by atoms with Gasteiger partial charge in [-0.15, -0.1) is 0 Å². The SMILES string of the molecule is Cc1cc(O)cc(C#CC=O)c1. The number of rotatable bonds is 0. The summed E-state index contributed by atoms with van der Waals surface area (Å²) in [5, 5.41) is 9.14. The van der Waals surface area contributed by atoms with E-state index >= 15 is 0 Å². The molecule has 0 bridgehead atoms. The van der Waals surface area contributed by atoms with Crippen molar-refractivity contribution in [3.63, 3.8) is 0 Å². The summed E-state index contributed by atoms with van der Waals surface area (Å²) in [6, 6.07) is 4.95. The van der Waals surface area contributed by atoms with E-state index in [4.69, 9.17) is 5.11 Å². The Kier molecular flexibility index (Phi) is 2.49. The number of aldehydes is 1. The summed E-state index contributed by atoms with van der Waals surface area (Å²) in [6.07, 6.45) is 0.527. The monoisotopic (exact) mass is 160 g/mol. The number of carbonyl (C=O) groups is 1. The number of aryl methyl sites for hydroxylation is 1. The van der Waals surface area contributed by atoms with Crippen LogP contribution in [0.5, 0.6) is 5.75 Å². The highest BCUT2D eigenvalue weighted by Crippen LogP contribution is 2.13. The Morgan fingerprint density at radius 2 is 2.17 bits per heavy atom. The van der Waals surface area contributed by atoms with E-state index in [1.54, 1.807) is 12.1 Å². The average Bonchev–Trinajstić information content (AvgIpc) is 1.99. The van der Waals surface area contributed by atoms with Gasteiger partial charge in [-0.3, -0.25) is 4.79 Å². The van der Waals surface area contributed by atoms with Gasteiger partial charge in [0.05, 0.1) is 0 Å². The molecule has 12 heavy (non-hydrogen) atoms. The minimum absolute atomic E-state index is 0.171. The molecule has 1 rings (SSSR count). The van der Waals surface area contributed by atoms with E-state index < -0.39 is 0 Å². The van der Waals surface area contributed by atoms with Gasteiger partial charge in [-0.05, 0) is 36.6 Å². The molecule has 1 aromatic rings. The third-order valence-corrected chi connectivity index (χ3v) is 1.34. The molecule has 1 aromatic carbocycles. The molecule has 0 spiro atoms. The van der Waals surface area contributed by atoms with Gasteiger partial charge in [-0.2, -0.15) is 0 Å². The summed E-state index contributed by atoms with van der Waals surface area (Å²) in [4.78, 5) is 9.91. The zero-order valence-corrected chi connectivity index (χ0v) is 6.66. The number of hydrogen-bond acceptors (Lipinski definition) is 2. The Bertz CT molecular complexity index is 336. The van der Waals surface area contributed by atoms with E-state index in [9.17, 15) is 4.79 Å². The summed E-state index contributed by atoms with van der Waals surface area (Å²) in [5.74, 6) is 5.05. The fourth-order valence-electron chi connectivity index (χ4n) is 0.948. The third kappa shape index (κ3) is 2.14. The summed E-state index contributed by atoms with van der Waals surface area (Å²) in [5.41, 5.74) is 1.57. The van der Waals surface area contributed by atoms with Gasteiger partial charge in [0.25, 0.3) is 0 Å².